The number of hydrogen-bond donors (Lipinski definition) is 1. The molecule has 3 nitrogen and oxygen atoms in total. The van der Waals surface area contributed by atoms with Gasteiger partial charge in [0.25, 0.3) is 0 Å². The lowest BCUT2D eigenvalue weighted by atomic mass is 10.2. The Bertz CT molecular complexity index is 75.7. The summed E-state index contributed by atoms with van der Waals surface area (Å²) >= 11 is 0. The lowest BCUT2D eigenvalue weighted by Gasteiger charge is -2.08. The van der Waals surface area contributed by atoms with E-state index < -0.39 is 0 Å². The molecule has 1 unspecified atom stereocenters. The van der Waals surface area contributed by atoms with Crippen LogP contribution in [0, 0.1) is 0 Å². The molecular formula is C8H18O3. The van der Waals surface area contributed by atoms with Gasteiger partial charge < -0.3 is 14.6 Å². The highest BCUT2D eigenvalue weighted by molar-refractivity contribution is 4.51. The average Bonchev–Trinajstić information content (AvgIpc) is 1.99. The fourth-order valence-corrected chi connectivity index (χ4v) is 0.778. The molecule has 11 heavy (non-hydrogen) atoms. The zero-order chi connectivity index (χ0) is 8.53. The molecule has 0 aromatic heterocycles. The smallest absolute Gasteiger partial charge is 0.0773 e. The summed E-state index contributed by atoms with van der Waals surface area (Å²) in [5.74, 6) is 0. The Balaban J connectivity index is 2.97. The second-order valence-electron chi connectivity index (χ2n) is 2.51. The maximum Gasteiger partial charge on any atom is 0.0773 e. The van der Waals surface area contributed by atoms with E-state index in [9.17, 15) is 5.11 Å². The molecule has 0 saturated carbocycles. The second-order valence-corrected chi connectivity index (χ2v) is 2.51. The van der Waals surface area contributed by atoms with Gasteiger partial charge in [-0.3, -0.25) is 0 Å². The van der Waals surface area contributed by atoms with Crippen LogP contribution in [0.2, 0.25) is 0 Å². The molecule has 0 radical (unpaired) electrons. The third-order valence-corrected chi connectivity index (χ3v) is 1.36. The van der Waals surface area contributed by atoms with Gasteiger partial charge in [0.2, 0.25) is 0 Å². The van der Waals surface area contributed by atoms with E-state index in [1.807, 2.05) is 6.92 Å². The average molecular weight is 162 g/mol. The third-order valence-electron chi connectivity index (χ3n) is 1.36. The van der Waals surface area contributed by atoms with Gasteiger partial charge in [0.1, 0.15) is 0 Å². The first kappa shape index (κ1) is 10.9. The van der Waals surface area contributed by atoms with E-state index in [1.54, 1.807) is 7.11 Å². The molecule has 0 aliphatic rings. The molecule has 0 spiro atoms. The van der Waals surface area contributed by atoms with Crippen LogP contribution >= 0.6 is 0 Å². The van der Waals surface area contributed by atoms with Crippen LogP contribution in [0.3, 0.4) is 0 Å². The molecule has 0 fully saturated rings. The predicted molar refractivity (Wildman–Crippen MR) is 43.6 cm³/mol. The Hall–Kier alpha value is -0.120. The number of aliphatic hydroxyl groups is 1. The van der Waals surface area contributed by atoms with Crippen molar-refractivity contribution in [2.24, 2.45) is 0 Å². The number of aliphatic hydroxyl groups excluding tert-OH is 1. The highest BCUT2D eigenvalue weighted by Crippen LogP contribution is 1.95. The molecule has 0 bridgehead atoms. The van der Waals surface area contributed by atoms with Gasteiger partial charge in [-0.15, -0.1) is 0 Å². The molecule has 1 atom stereocenters. The van der Waals surface area contributed by atoms with Gasteiger partial charge in [0.05, 0.1) is 25.9 Å². The zero-order valence-corrected chi connectivity index (χ0v) is 7.38. The number of methoxy groups -OCH3 is 1. The van der Waals surface area contributed by atoms with E-state index in [1.165, 1.54) is 0 Å². The first-order valence-corrected chi connectivity index (χ1v) is 4.06. The molecule has 0 aliphatic heterocycles. The lowest BCUT2D eigenvalue weighted by Crippen LogP contribution is -2.16. The van der Waals surface area contributed by atoms with E-state index in [0.717, 1.165) is 12.8 Å². The Labute approximate surface area is 68.3 Å². The number of hydrogen-bond acceptors (Lipinski definition) is 3. The highest BCUT2D eigenvalue weighted by Gasteiger charge is 2.00. The van der Waals surface area contributed by atoms with Gasteiger partial charge in [-0.2, -0.15) is 0 Å². The molecule has 1 N–H and O–H groups in total. The van der Waals surface area contributed by atoms with Crippen molar-refractivity contribution in [3.8, 4) is 0 Å². The van der Waals surface area contributed by atoms with Gasteiger partial charge in [-0.1, -0.05) is 13.3 Å². The first-order valence-electron chi connectivity index (χ1n) is 4.06. The SMILES string of the molecule is CCCC(O)COCCOC. The van der Waals surface area contributed by atoms with E-state index in [-0.39, 0.29) is 6.10 Å². The van der Waals surface area contributed by atoms with Gasteiger partial charge in [0, 0.05) is 7.11 Å². The Morgan fingerprint density at radius 1 is 1.36 bits per heavy atom. The molecule has 3 heteroatoms. The second kappa shape index (κ2) is 7.98. The monoisotopic (exact) mass is 162 g/mol. The maximum absolute atomic E-state index is 9.18. The molecule has 0 aromatic rings. The van der Waals surface area contributed by atoms with Gasteiger partial charge in [-0.05, 0) is 6.42 Å². The normalized spacial score (nSPS) is 13.4. The van der Waals surface area contributed by atoms with Crippen LogP contribution in [-0.4, -0.2) is 38.1 Å². The third kappa shape index (κ3) is 7.78. The van der Waals surface area contributed by atoms with Crippen LogP contribution in [0.15, 0.2) is 0 Å². The molecule has 0 heterocycles. The van der Waals surface area contributed by atoms with E-state index >= 15 is 0 Å². The minimum atomic E-state index is -0.308. The summed E-state index contributed by atoms with van der Waals surface area (Å²) in [7, 11) is 1.63. The number of rotatable bonds is 7. The summed E-state index contributed by atoms with van der Waals surface area (Å²) in [6.07, 6.45) is 1.50. The molecule has 0 aliphatic carbocycles. The number of ether oxygens (including phenoxy) is 2. The van der Waals surface area contributed by atoms with E-state index in [2.05, 4.69) is 0 Å². The van der Waals surface area contributed by atoms with Crippen molar-refractivity contribution in [1.29, 1.82) is 0 Å². The largest absolute Gasteiger partial charge is 0.391 e. The minimum absolute atomic E-state index is 0.308. The first-order chi connectivity index (χ1) is 5.31. The van der Waals surface area contributed by atoms with E-state index in [0.29, 0.717) is 19.8 Å². The van der Waals surface area contributed by atoms with Gasteiger partial charge in [0.15, 0.2) is 0 Å². The predicted octanol–water partition coefficient (Wildman–Crippen LogP) is 0.810. The van der Waals surface area contributed by atoms with Crippen molar-refractivity contribution < 1.29 is 14.6 Å². The van der Waals surface area contributed by atoms with E-state index in [4.69, 9.17) is 9.47 Å². The summed E-state index contributed by atoms with van der Waals surface area (Å²) in [5.41, 5.74) is 0. The van der Waals surface area contributed by atoms with Crippen LogP contribution in [0.4, 0.5) is 0 Å². The molecular weight excluding hydrogens is 144 g/mol. The molecule has 68 valence electrons. The molecule has 0 rings (SSSR count). The molecule has 0 saturated heterocycles. The van der Waals surface area contributed by atoms with Crippen molar-refractivity contribution in [3.63, 3.8) is 0 Å². The Kier molecular flexibility index (Phi) is 7.89. The highest BCUT2D eigenvalue weighted by atomic mass is 16.5. The lowest BCUT2D eigenvalue weighted by molar-refractivity contribution is 0.0102. The minimum Gasteiger partial charge on any atom is -0.391 e. The summed E-state index contributed by atoms with van der Waals surface area (Å²) in [4.78, 5) is 0. The van der Waals surface area contributed by atoms with Crippen molar-refractivity contribution in [2.75, 3.05) is 26.9 Å². The topological polar surface area (TPSA) is 38.7 Å². The van der Waals surface area contributed by atoms with Crippen molar-refractivity contribution in [3.05, 3.63) is 0 Å². The summed E-state index contributed by atoms with van der Waals surface area (Å²) in [6.45, 7) is 3.63. The summed E-state index contributed by atoms with van der Waals surface area (Å²) in [5, 5.41) is 9.18. The van der Waals surface area contributed by atoms with Crippen LogP contribution in [0.1, 0.15) is 19.8 Å². The van der Waals surface area contributed by atoms with Crippen molar-refractivity contribution >= 4 is 0 Å². The van der Waals surface area contributed by atoms with Gasteiger partial charge >= 0.3 is 0 Å². The van der Waals surface area contributed by atoms with Gasteiger partial charge in [-0.25, -0.2) is 0 Å². The fourth-order valence-electron chi connectivity index (χ4n) is 0.778. The van der Waals surface area contributed by atoms with Crippen molar-refractivity contribution in [2.45, 2.75) is 25.9 Å². The van der Waals surface area contributed by atoms with Crippen molar-refractivity contribution in [1.82, 2.24) is 0 Å². The molecule has 0 aromatic carbocycles. The van der Waals surface area contributed by atoms with Crippen LogP contribution in [0.25, 0.3) is 0 Å². The zero-order valence-electron chi connectivity index (χ0n) is 7.38. The molecule has 0 amide bonds. The van der Waals surface area contributed by atoms with Crippen LogP contribution in [-0.2, 0) is 9.47 Å². The Morgan fingerprint density at radius 3 is 2.64 bits per heavy atom. The summed E-state index contributed by atoms with van der Waals surface area (Å²) in [6, 6.07) is 0. The van der Waals surface area contributed by atoms with Crippen LogP contribution in [0.5, 0.6) is 0 Å². The fraction of sp³-hybridized carbons (Fsp3) is 1.00. The Morgan fingerprint density at radius 2 is 2.09 bits per heavy atom. The maximum atomic E-state index is 9.18. The quantitative estimate of drug-likeness (QED) is 0.563. The van der Waals surface area contributed by atoms with Crippen LogP contribution < -0.4 is 0 Å². The standard InChI is InChI=1S/C8H18O3/c1-3-4-8(9)7-11-6-5-10-2/h8-9H,3-7H2,1-2H3. The summed E-state index contributed by atoms with van der Waals surface area (Å²) < 4.78 is 9.89.